The molecule has 0 amide bonds. The number of hydrogen-bond acceptors (Lipinski definition) is 2. The van der Waals surface area contributed by atoms with Crippen LogP contribution in [0, 0.1) is 0 Å². The van der Waals surface area contributed by atoms with Gasteiger partial charge in [0.25, 0.3) is 0 Å². The van der Waals surface area contributed by atoms with Crippen molar-refractivity contribution in [1.29, 1.82) is 0 Å². The number of hydrazine groups is 1. The molecule has 12 heavy (non-hydrogen) atoms. The summed E-state index contributed by atoms with van der Waals surface area (Å²) >= 11 is 0. The normalized spacial score (nSPS) is 19.9. The Morgan fingerprint density at radius 1 is 1.25 bits per heavy atom. The zero-order chi connectivity index (χ0) is 8.10. The lowest BCUT2D eigenvalue weighted by Gasteiger charge is -2.17. The van der Waals surface area contributed by atoms with Crippen molar-refractivity contribution < 1.29 is 0 Å². The van der Waals surface area contributed by atoms with Gasteiger partial charge < -0.3 is 5.73 Å². The molecule has 1 saturated carbocycles. The third kappa shape index (κ3) is 4.10. The minimum absolute atomic E-state index is 0. The minimum atomic E-state index is 0. The van der Waals surface area contributed by atoms with Gasteiger partial charge >= 0.3 is 0 Å². The SMILES string of the molecule is I.NNC(N)=NC1CCCCC1. The highest BCUT2D eigenvalue weighted by molar-refractivity contribution is 14.0. The van der Waals surface area contributed by atoms with Crippen LogP contribution in [-0.4, -0.2) is 12.0 Å². The molecule has 0 heterocycles. The van der Waals surface area contributed by atoms with Crippen LogP contribution in [0.3, 0.4) is 0 Å². The molecule has 5 heteroatoms. The lowest BCUT2D eigenvalue weighted by atomic mass is 9.96. The lowest BCUT2D eigenvalue weighted by molar-refractivity contribution is 0.442. The van der Waals surface area contributed by atoms with Gasteiger partial charge in [-0.05, 0) is 12.8 Å². The van der Waals surface area contributed by atoms with Crippen molar-refractivity contribution in [2.75, 3.05) is 0 Å². The maximum Gasteiger partial charge on any atom is 0.203 e. The van der Waals surface area contributed by atoms with Gasteiger partial charge in [0.05, 0.1) is 6.04 Å². The van der Waals surface area contributed by atoms with Gasteiger partial charge in [0.15, 0.2) is 0 Å². The van der Waals surface area contributed by atoms with Crippen LogP contribution < -0.4 is 17.0 Å². The molecule has 1 rings (SSSR count). The third-order valence-electron chi connectivity index (χ3n) is 2.04. The Morgan fingerprint density at radius 3 is 2.33 bits per heavy atom. The third-order valence-corrected chi connectivity index (χ3v) is 2.04. The molecule has 0 aliphatic heterocycles. The van der Waals surface area contributed by atoms with Gasteiger partial charge in [0, 0.05) is 0 Å². The monoisotopic (exact) mass is 284 g/mol. The van der Waals surface area contributed by atoms with Gasteiger partial charge in [-0.2, -0.15) is 0 Å². The Hall–Kier alpha value is -0.0400. The molecule has 0 aromatic carbocycles. The van der Waals surface area contributed by atoms with E-state index in [1.165, 1.54) is 19.3 Å². The number of halogens is 1. The lowest BCUT2D eigenvalue weighted by Crippen LogP contribution is -2.38. The Morgan fingerprint density at radius 2 is 1.83 bits per heavy atom. The smallest absolute Gasteiger partial charge is 0.203 e. The summed E-state index contributed by atoms with van der Waals surface area (Å²) in [6.45, 7) is 0. The predicted octanol–water partition coefficient (Wildman–Crippen LogP) is 0.715. The second kappa shape index (κ2) is 6.47. The van der Waals surface area contributed by atoms with Gasteiger partial charge in [-0.1, -0.05) is 19.3 Å². The van der Waals surface area contributed by atoms with Crippen LogP contribution in [0.5, 0.6) is 0 Å². The van der Waals surface area contributed by atoms with Crippen molar-refractivity contribution in [2.24, 2.45) is 16.6 Å². The molecule has 1 fully saturated rings. The van der Waals surface area contributed by atoms with E-state index < -0.39 is 0 Å². The van der Waals surface area contributed by atoms with Crippen molar-refractivity contribution in [1.82, 2.24) is 5.43 Å². The molecule has 0 unspecified atom stereocenters. The van der Waals surface area contributed by atoms with E-state index in [9.17, 15) is 0 Å². The van der Waals surface area contributed by atoms with E-state index in [0.717, 1.165) is 12.8 Å². The quantitative estimate of drug-likeness (QED) is 0.218. The van der Waals surface area contributed by atoms with Crippen molar-refractivity contribution in [3.8, 4) is 0 Å². The molecule has 0 spiro atoms. The number of guanidine groups is 1. The first-order valence-electron chi connectivity index (χ1n) is 4.13. The topological polar surface area (TPSA) is 76.4 Å². The Bertz CT molecular complexity index is 142. The summed E-state index contributed by atoms with van der Waals surface area (Å²) in [5, 5.41) is 0. The highest BCUT2D eigenvalue weighted by Crippen LogP contribution is 2.19. The fourth-order valence-electron chi connectivity index (χ4n) is 1.44. The number of nitrogens with zero attached hydrogens (tertiary/aromatic N) is 1. The Labute approximate surface area is 90.2 Å². The summed E-state index contributed by atoms with van der Waals surface area (Å²) in [5.41, 5.74) is 7.76. The first-order chi connectivity index (χ1) is 5.33. The fraction of sp³-hybridized carbons (Fsp3) is 0.857. The van der Waals surface area contributed by atoms with Crippen LogP contribution in [0.25, 0.3) is 0 Å². The van der Waals surface area contributed by atoms with E-state index >= 15 is 0 Å². The van der Waals surface area contributed by atoms with E-state index in [4.69, 9.17) is 11.6 Å². The molecule has 0 radical (unpaired) electrons. The summed E-state index contributed by atoms with van der Waals surface area (Å²) < 4.78 is 0. The highest BCUT2D eigenvalue weighted by Gasteiger charge is 2.11. The van der Waals surface area contributed by atoms with Gasteiger partial charge in [0.1, 0.15) is 0 Å². The average Bonchev–Trinajstić information content (AvgIpc) is 2.06. The number of hydrogen-bond donors (Lipinski definition) is 3. The molecule has 0 bridgehead atoms. The van der Waals surface area contributed by atoms with Gasteiger partial charge in [0.2, 0.25) is 5.96 Å². The minimum Gasteiger partial charge on any atom is -0.369 e. The van der Waals surface area contributed by atoms with E-state index in [-0.39, 0.29) is 24.0 Å². The second-order valence-electron chi connectivity index (χ2n) is 2.95. The van der Waals surface area contributed by atoms with Gasteiger partial charge in [-0.25, -0.2) is 10.8 Å². The van der Waals surface area contributed by atoms with Gasteiger partial charge in [-0.15, -0.1) is 24.0 Å². The summed E-state index contributed by atoms with van der Waals surface area (Å²) in [4.78, 5) is 4.21. The number of aliphatic imine (C=N–C) groups is 1. The highest BCUT2D eigenvalue weighted by atomic mass is 127. The maximum absolute atomic E-state index is 5.42. The predicted molar refractivity (Wildman–Crippen MR) is 61.2 cm³/mol. The number of nitrogens with two attached hydrogens (primary N) is 2. The number of nitrogens with one attached hydrogen (secondary N) is 1. The molecule has 1 aliphatic rings. The summed E-state index contributed by atoms with van der Waals surface area (Å²) in [7, 11) is 0. The standard InChI is InChI=1S/C7H16N4.HI/c8-7(11-9)10-6-4-2-1-3-5-6;/h6H,1-5,9H2,(H3,8,10,11);1H. The summed E-state index contributed by atoms with van der Waals surface area (Å²) in [5.74, 6) is 5.44. The first-order valence-corrected chi connectivity index (χ1v) is 4.13. The summed E-state index contributed by atoms with van der Waals surface area (Å²) in [6.07, 6.45) is 6.19. The number of rotatable bonds is 1. The van der Waals surface area contributed by atoms with Crippen molar-refractivity contribution in [3.05, 3.63) is 0 Å². The maximum atomic E-state index is 5.42. The van der Waals surface area contributed by atoms with Gasteiger partial charge in [-0.3, -0.25) is 5.43 Å². The zero-order valence-corrected chi connectivity index (χ0v) is 9.45. The molecule has 0 aromatic rings. The van der Waals surface area contributed by atoms with E-state index in [0.29, 0.717) is 12.0 Å². The van der Waals surface area contributed by atoms with Crippen molar-refractivity contribution in [2.45, 2.75) is 38.1 Å². The zero-order valence-electron chi connectivity index (χ0n) is 7.12. The Balaban J connectivity index is 0.00000121. The van der Waals surface area contributed by atoms with E-state index in [2.05, 4.69) is 10.4 Å². The van der Waals surface area contributed by atoms with Crippen LogP contribution in [-0.2, 0) is 0 Å². The molecule has 4 nitrogen and oxygen atoms in total. The van der Waals surface area contributed by atoms with E-state index in [1.807, 2.05) is 0 Å². The molecule has 72 valence electrons. The van der Waals surface area contributed by atoms with Crippen LogP contribution in [0.1, 0.15) is 32.1 Å². The second-order valence-corrected chi connectivity index (χ2v) is 2.95. The largest absolute Gasteiger partial charge is 0.369 e. The molecule has 1 aliphatic carbocycles. The molecule has 5 N–H and O–H groups in total. The van der Waals surface area contributed by atoms with Crippen LogP contribution in [0.15, 0.2) is 4.99 Å². The van der Waals surface area contributed by atoms with Crippen molar-refractivity contribution >= 4 is 29.9 Å². The fourth-order valence-corrected chi connectivity index (χ4v) is 1.44. The molecular formula is C7H17IN4. The van der Waals surface area contributed by atoms with Crippen molar-refractivity contribution in [3.63, 3.8) is 0 Å². The Kier molecular flexibility index (Phi) is 6.45. The molecule has 0 saturated heterocycles. The van der Waals surface area contributed by atoms with Crippen LogP contribution >= 0.6 is 24.0 Å². The van der Waals surface area contributed by atoms with Crippen LogP contribution in [0.4, 0.5) is 0 Å². The van der Waals surface area contributed by atoms with Crippen LogP contribution in [0.2, 0.25) is 0 Å². The average molecular weight is 284 g/mol. The first kappa shape index (κ1) is 12.0. The van der Waals surface area contributed by atoms with E-state index in [1.54, 1.807) is 0 Å². The molecule has 0 aromatic heterocycles. The molecular weight excluding hydrogens is 267 g/mol. The summed E-state index contributed by atoms with van der Waals surface area (Å²) in [6, 6.07) is 0.403. The molecule has 0 atom stereocenters.